The maximum atomic E-state index is 12.0. The van der Waals surface area contributed by atoms with E-state index in [1.54, 1.807) is 31.3 Å². The maximum Gasteiger partial charge on any atom is 0.322 e. The molecule has 6 heteroatoms. The fourth-order valence-electron chi connectivity index (χ4n) is 1.90. The van der Waals surface area contributed by atoms with Gasteiger partial charge in [-0.05, 0) is 36.8 Å². The number of aryl methyl sites for hydroxylation is 1. The molecular weight excluding hydrogens is 314 g/mol. The predicted molar refractivity (Wildman–Crippen MR) is 92.9 cm³/mol. The third kappa shape index (κ3) is 5.00. The van der Waals surface area contributed by atoms with Crippen LogP contribution in [-0.2, 0) is 4.79 Å². The molecule has 0 aliphatic rings. The lowest BCUT2D eigenvalue weighted by molar-refractivity contribution is -0.116. The Morgan fingerprint density at radius 3 is 2.39 bits per heavy atom. The van der Waals surface area contributed by atoms with Crippen LogP contribution in [0.25, 0.3) is 0 Å². The first-order chi connectivity index (χ1) is 11.0. The van der Waals surface area contributed by atoms with Crippen molar-refractivity contribution >= 4 is 34.9 Å². The molecule has 0 saturated heterocycles. The molecule has 0 spiro atoms. The SMILES string of the molecule is Cc1ccc(NC(=O)CN(C)C(=O)Nc2ccccc2)cc1Cl. The van der Waals surface area contributed by atoms with Gasteiger partial charge in [0, 0.05) is 23.4 Å². The van der Waals surface area contributed by atoms with Crippen LogP contribution in [0.15, 0.2) is 48.5 Å². The van der Waals surface area contributed by atoms with Gasteiger partial charge in [-0.15, -0.1) is 0 Å². The molecule has 3 amide bonds. The van der Waals surface area contributed by atoms with Crippen LogP contribution < -0.4 is 10.6 Å². The summed E-state index contributed by atoms with van der Waals surface area (Å²) in [6.07, 6.45) is 0. The zero-order chi connectivity index (χ0) is 16.8. The van der Waals surface area contributed by atoms with Gasteiger partial charge in [-0.25, -0.2) is 4.79 Å². The summed E-state index contributed by atoms with van der Waals surface area (Å²) in [5, 5.41) is 6.01. The second kappa shape index (κ2) is 7.65. The molecule has 0 aromatic heterocycles. The van der Waals surface area contributed by atoms with Crippen LogP contribution in [0.4, 0.5) is 16.2 Å². The van der Waals surface area contributed by atoms with Crippen LogP contribution >= 0.6 is 11.6 Å². The fraction of sp³-hybridized carbons (Fsp3) is 0.176. The van der Waals surface area contributed by atoms with Crippen molar-refractivity contribution in [3.63, 3.8) is 0 Å². The lowest BCUT2D eigenvalue weighted by Gasteiger charge is -2.17. The molecule has 5 nitrogen and oxygen atoms in total. The lowest BCUT2D eigenvalue weighted by Crippen LogP contribution is -2.37. The number of hydrogen-bond acceptors (Lipinski definition) is 2. The van der Waals surface area contributed by atoms with Gasteiger partial charge in [-0.1, -0.05) is 35.9 Å². The van der Waals surface area contributed by atoms with Gasteiger partial charge in [0.2, 0.25) is 5.91 Å². The Bertz CT molecular complexity index is 704. The molecule has 0 bridgehead atoms. The first-order valence-electron chi connectivity index (χ1n) is 7.09. The van der Waals surface area contributed by atoms with Gasteiger partial charge in [0.15, 0.2) is 0 Å². The zero-order valence-corrected chi connectivity index (χ0v) is 13.7. The summed E-state index contributed by atoms with van der Waals surface area (Å²) in [5.41, 5.74) is 2.21. The van der Waals surface area contributed by atoms with E-state index in [-0.39, 0.29) is 18.5 Å². The van der Waals surface area contributed by atoms with Crippen molar-refractivity contribution in [3.8, 4) is 0 Å². The van der Waals surface area contributed by atoms with E-state index < -0.39 is 0 Å². The number of likely N-dealkylation sites (N-methyl/N-ethyl adjacent to an activating group) is 1. The molecule has 2 aromatic carbocycles. The number of carbonyl (C=O) groups is 2. The lowest BCUT2D eigenvalue weighted by atomic mass is 10.2. The van der Waals surface area contributed by atoms with E-state index in [2.05, 4.69) is 10.6 Å². The minimum Gasteiger partial charge on any atom is -0.324 e. The Morgan fingerprint density at radius 2 is 1.74 bits per heavy atom. The summed E-state index contributed by atoms with van der Waals surface area (Å²) in [5.74, 6) is -0.296. The number of rotatable bonds is 4. The number of para-hydroxylation sites is 1. The first kappa shape index (κ1) is 16.8. The topological polar surface area (TPSA) is 61.4 Å². The normalized spacial score (nSPS) is 10.0. The highest BCUT2D eigenvalue weighted by atomic mass is 35.5. The Kier molecular flexibility index (Phi) is 5.60. The molecule has 2 rings (SSSR count). The first-order valence-corrected chi connectivity index (χ1v) is 7.46. The van der Waals surface area contributed by atoms with E-state index in [4.69, 9.17) is 11.6 Å². The van der Waals surface area contributed by atoms with Crippen molar-refractivity contribution in [2.24, 2.45) is 0 Å². The predicted octanol–water partition coefficient (Wildman–Crippen LogP) is 3.75. The van der Waals surface area contributed by atoms with Crippen LogP contribution in [0.3, 0.4) is 0 Å². The molecule has 0 heterocycles. The Balaban J connectivity index is 1.88. The van der Waals surface area contributed by atoms with Gasteiger partial charge in [0.05, 0.1) is 0 Å². The van der Waals surface area contributed by atoms with Gasteiger partial charge >= 0.3 is 6.03 Å². The van der Waals surface area contributed by atoms with E-state index in [0.29, 0.717) is 16.4 Å². The third-order valence-corrected chi connectivity index (χ3v) is 3.62. The number of anilines is 2. The molecule has 0 saturated carbocycles. The van der Waals surface area contributed by atoms with E-state index >= 15 is 0 Å². The molecule has 23 heavy (non-hydrogen) atoms. The number of urea groups is 1. The van der Waals surface area contributed by atoms with Crippen molar-refractivity contribution in [1.82, 2.24) is 4.90 Å². The molecule has 0 aliphatic heterocycles. The van der Waals surface area contributed by atoms with Crippen molar-refractivity contribution in [2.75, 3.05) is 24.2 Å². The van der Waals surface area contributed by atoms with Crippen molar-refractivity contribution in [2.45, 2.75) is 6.92 Å². The van der Waals surface area contributed by atoms with Crippen LogP contribution in [0, 0.1) is 6.92 Å². The van der Waals surface area contributed by atoms with Crippen LogP contribution in [0.5, 0.6) is 0 Å². The minimum atomic E-state index is -0.353. The van der Waals surface area contributed by atoms with Crippen LogP contribution in [-0.4, -0.2) is 30.4 Å². The average Bonchev–Trinajstić information content (AvgIpc) is 2.51. The molecule has 2 N–H and O–H groups in total. The summed E-state index contributed by atoms with van der Waals surface area (Å²) in [4.78, 5) is 25.3. The van der Waals surface area contributed by atoms with Gasteiger partial charge in [0.1, 0.15) is 6.54 Å². The quantitative estimate of drug-likeness (QED) is 0.896. The Hall–Kier alpha value is -2.53. The summed E-state index contributed by atoms with van der Waals surface area (Å²) in [7, 11) is 1.56. The zero-order valence-electron chi connectivity index (χ0n) is 13.0. The van der Waals surface area contributed by atoms with Crippen LogP contribution in [0.2, 0.25) is 5.02 Å². The average molecular weight is 332 g/mol. The van der Waals surface area contributed by atoms with Crippen molar-refractivity contribution in [3.05, 3.63) is 59.1 Å². The summed E-state index contributed by atoms with van der Waals surface area (Å²) >= 11 is 6.02. The standard InChI is InChI=1S/C17H18ClN3O2/c1-12-8-9-14(10-15(12)18)19-16(22)11-21(2)17(23)20-13-6-4-3-5-7-13/h3-10H,11H2,1-2H3,(H,19,22)(H,20,23). The maximum absolute atomic E-state index is 12.0. The molecule has 0 unspecified atom stereocenters. The van der Waals surface area contributed by atoms with E-state index in [1.165, 1.54) is 4.90 Å². The van der Waals surface area contributed by atoms with E-state index in [9.17, 15) is 9.59 Å². The van der Waals surface area contributed by atoms with Gasteiger partial charge in [-0.2, -0.15) is 0 Å². The van der Waals surface area contributed by atoms with Crippen LogP contribution in [0.1, 0.15) is 5.56 Å². The summed E-state index contributed by atoms with van der Waals surface area (Å²) in [6.45, 7) is 1.82. The number of benzene rings is 2. The number of amides is 3. The van der Waals surface area contributed by atoms with E-state index in [1.807, 2.05) is 31.2 Å². The van der Waals surface area contributed by atoms with Gasteiger partial charge in [-0.3, -0.25) is 4.79 Å². The van der Waals surface area contributed by atoms with Gasteiger partial charge in [0.25, 0.3) is 0 Å². The van der Waals surface area contributed by atoms with Crippen molar-refractivity contribution in [1.29, 1.82) is 0 Å². The molecule has 0 aliphatic carbocycles. The molecule has 0 atom stereocenters. The largest absolute Gasteiger partial charge is 0.324 e. The highest BCUT2D eigenvalue weighted by Crippen LogP contribution is 2.19. The number of nitrogens with one attached hydrogen (secondary N) is 2. The second-order valence-corrected chi connectivity index (χ2v) is 5.57. The molecule has 0 radical (unpaired) electrons. The molecule has 120 valence electrons. The third-order valence-electron chi connectivity index (χ3n) is 3.21. The Labute approximate surface area is 140 Å². The van der Waals surface area contributed by atoms with Crippen molar-refractivity contribution < 1.29 is 9.59 Å². The van der Waals surface area contributed by atoms with E-state index in [0.717, 1.165) is 5.56 Å². The highest BCUT2D eigenvalue weighted by Gasteiger charge is 2.13. The summed E-state index contributed by atoms with van der Waals surface area (Å²) in [6, 6.07) is 14.0. The summed E-state index contributed by atoms with van der Waals surface area (Å²) < 4.78 is 0. The minimum absolute atomic E-state index is 0.0653. The smallest absolute Gasteiger partial charge is 0.322 e. The fourth-order valence-corrected chi connectivity index (χ4v) is 2.08. The molecular formula is C17H18ClN3O2. The molecule has 2 aromatic rings. The Morgan fingerprint density at radius 1 is 1.04 bits per heavy atom. The highest BCUT2D eigenvalue weighted by molar-refractivity contribution is 6.31. The molecule has 0 fully saturated rings. The monoisotopic (exact) mass is 331 g/mol. The number of carbonyl (C=O) groups excluding carboxylic acids is 2. The second-order valence-electron chi connectivity index (χ2n) is 5.16. The number of halogens is 1. The van der Waals surface area contributed by atoms with Gasteiger partial charge < -0.3 is 15.5 Å². The number of nitrogens with zero attached hydrogens (tertiary/aromatic N) is 1. The number of hydrogen-bond donors (Lipinski definition) is 2.